The van der Waals surface area contributed by atoms with Gasteiger partial charge in [0.1, 0.15) is 5.82 Å². The van der Waals surface area contributed by atoms with Crippen LogP contribution in [0.4, 0.5) is 5.82 Å². The molecule has 3 amide bonds. The van der Waals surface area contributed by atoms with E-state index in [1.165, 1.54) is 17.7 Å². The lowest BCUT2D eigenvalue weighted by atomic mass is 10.1. The zero-order valence-electron chi connectivity index (χ0n) is 15.1. The molecule has 4 rings (SSSR count). The minimum absolute atomic E-state index is 0.137. The van der Waals surface area contributed by atoms with E-state index in [1.807, 2.05) is 10.7 Å². The Bertz CT molecular complexity index is 850. The second-order valence-electron chi connectivity index (χ2n) is 7.12. The maximum atomic E-state index is 12.6. The third kappa shape index (κ3) is 3.63. The van der Waals surface area contributed by atoms with Gasteiger partial charge in [0, 0.05) is 24.5 Å². The molecule has 2 heterocycles. The highest BCUT2D eigenvalue weighted by Crippen LogP contribution is 2.31. The molecule has 1 aromatic heterocycles. The van der Waals surface area contributed by atoms with Crippen molar-refractivity contribution < 1.29 is 14.4 Å². The number of imide groups is 1. The molecule has 0 unspecified atom stereocenters. The van der Waals surface area contributed by atoms with Gasteiger partial charge in [-0.15, -0.1) is 0 Å². The number of hydrogen-bond donors (Lipinski definition) is 1. The molecule has 2 fully saturated rings. The van der Waals surface area contributed by atoms with Crippen molar-refractivity contribution in [1.82, 2.24) is 14.7 Å². The Balaban J connectivity index is 1.42. The summed E-state index contributed by atoms with van der Waals surface area (Å²) < 4.78 is 1.91. The lowest BCUT2D eigenvalue weighted by Gasteiger charge is -2.15. The third-order valence-electron chi connectivity index (χ3n) is 5.29. The van der Waals surface area contributed by atoms with Crippen molar-refractivity contribution in [1.29, 1.82) is 0 Å². The van der Waals surface area contributed by atoms with E-state index in [1.54, 1.807) is 30.5 Å². The molecule has 0 spiro atoms. The van der Waals surface area contributed by atoms with Crippen molar-refractivity contribution >= 4 is 23.5 Å². The van der Waals surface area contributed by atoms with Gasteiger partial charge >= 0.3 is 0 Å². The molecule has 1 N–H and O–H groups in total. The minimum Gasteiger partial charge on any atom is -0.307 e. The number of benzene rings is 1. The first-order valence-corrected chi connectivity index (χ1v) is 9.39. The summed E-state index contributed by atoms with van der Waals surface area (Å²) in [5.74, 6) is 0.239. The number of anilines is 1. The van der Waals surface area contributed by atoms with Gasteiger partial charge < -0.3 is 5.32 Å². The Morgan fingerprint density at radius 3 is 2.37 bits per heavy atom. The van der Waals surface area contributed by atoms with Crippen LogP contribution in [0.2, 0.25) is 0 Å². The molecular weight excluding hydrogens is 344 g/mol. The predicted molar refractivity (Wildman–Crippen MR) is 98.9 cm³/mol. The summed E-state index contributed by atoms with van der Waals surface area (Å²) in [7, 11) is 0. The van der Waals surface area contributed by atoms with Crippen LogP contribution in [0.3, 0.4) is 0 Å². The number of nitrogens with one attached hydrogen (secondary N) is 1. The zero-order valence-corrected chi connectivity index (χ0v) is 15.1. The van der Waals surface area contributed by atoms with E-state index >= 15 is 0 Å². The van der Waals surface area contributed by atoms with Gasteiger partial charge in [0.2, 0.25) is 11.8 Å². The molecule has 0 radical (unpaired) electrons. The highest BCUT2D eigenvalue weighted by Gasteiger charge is 2.28. The number of hydrogen-bond acceptors (Lipinski definition) is 4. The smallest absolute Gasteiger partial charge is 0.256 e. The summed E-state index contributed by atoms with van der Waals surface area (Å²) in [5.41, 5.74) is 1.35. The van der Waals surface area contributed by atoms with Gasteiger partial charge in [0.25, 0.3) is 5.91 Å². The van der Waals surface area contributed by atoms with Gasteiger partial charge in [-0.25, -0.2) is 4.68 Å². The second-order valence-corrected chi connectivity index (χ2v) is 7.12. The normalized spacial score (nSPS) is 17.7. The molecule has 1 saturated carbocycles. The molecule has 27 heavy (non-hydrogen) atoms. The fourth-order valence-corrected chi connectivity index (χ4v) is 3.78. The Morgan fingerprint density at radius 2 is 1.70 bits per heavy atom. The van der Waals surface area contributed by atoms with Crippen LogP contribution in [0.25, 0.3) is 0 Å². The van der Waals surface area contributed by atoms with Crippen LogP contribution in [0.15, 0.2) is 36.5 Å². The fourth-order valence-electron chi connectivity index (χ4n) is 3.78. The van der Waals surface area contributed by atoms with Crippen molar-refractivity contribution in [2.45, 2.75) is 51.1 Å². The average molecular weight is 366 g/mol. The Morgan fingerprint density at radius 1 is 1.04 bits per heavy atom. The fraction of sp³-hybridized carbons (Fsp3) is 0.400. The quantitative estimate of drug-likeness (QED) is 0.825. The summed E-state index contributed by atoms with van der Waals surface area (Å²) in [4.78, 5) is 37.3. The summed E-state index contributed by atoms with van der Waals surface area (Å²) in [6.45, 7) is 0.258. The molecule has 2 aliphatic rings. The van der Waals surface area contributed by atoms with Gasteiger partial charge in [-0.3, -0.25) is 19.3 Å². The van der Waals surface area contributed by atoms with Gasteiger partial charge in [0.05, 0.1) is 18.8 Å². The standard InChI is InChI=1S/C20H22N4O3/c25-18-9-10-19(26)23(18)13-14-5-7-15(8-6-14)20(27)22-17-11-12-21-24(17)16-3-1-2-4-16/h5-8,11-12,16H,1-4,9-10,13H2,(H,22,27). The monoisotopic (exact) mass is 366 g/mol. The molecule has 7 heteroatoms. The number of aromatic nitrogens is 2. The maximum Gasteiger partial charge on any atom is 0.256 e. The SMILES string of the molecule is O=C(Nc1ccnn1C1CCCC1)c1ccc(CN2C(=O)CCC2=O)cc1. The van der Waals surface area contributed by atoms with E-state index in [9.17, 15) is 14.4 Å². The molecule has 0 bridgehead atoms. The molecular formula is C20H22N4O3. The van der Waals surface area contributed by atoms with Crippen LogP contribution in [0, 0.1) is 0 Å². The summed E-state index contributed by atoms with van der Waals surface area (Å²) in [5, 5.41) is 7.30. The predicted octanol–water partition coefficient (Wildman–Crippen LogP) is 2.90. The van der Waals surface area contributed by atoms with Crippen LogP contribution in [0.1, 0.15) is 60.5 Å². The molecule has 7 nitrogen and oxygen atoms in total. The lowest BCUT2D eigenvalue weighted by Crippen LogP contribution is -2.28. The summed E-state index contributed by atoms with van der Waals surface area (Å²) >= 11 is 0. The van der Waals surface area contributed by atoms with Crippen molar-refractivity contribution in [2.75, 3.05) is 5.32 Å². The van der Waals surface area contributed by atoms with Crippen molar-refractivity contribution in [3.63, 3.8) is 0 Å². The number of carbonyl (C=O) groups is 3. The molecule has 1 aliphatic heterocycles. The average Bonchev–Trinajstić information content (AvgIpc) is 3.40. The van der Waals surface area contributed by atoms with Gasteiger partial charge in [-0.1, -0.05) is 25.0 Å². The van der Waals surface area contributed by atoms with Crippen LogP contribution in [-0.4, -0.2) is 32.4 Å². The third-order valence-corrected chi connectivity index (χ3v) is 5.29. The lowest BCUT2D eigenvalue weighted by molar-refractivity contribution is -0.139. The van der Waals surface area contributed by atoms with E-state index in [2.05, 4.69) is 10.4 Å². The van der Waals surface area contributed by atoms with E-state index in [0.717, 1.165) is 18.4 Å². The molecule has 1 aliphatic carbocycles. The molecule has 1 aromatic carbocycles. The largest absolute Gasteiger partial charge is 0.307 e. The molecule has 1 saturated heterocycles. The molecule has 2 aromatic rings. The van der Waals surface area contributed by atoms with Crippen LogP contribution in [-0.2, 0) is 16.1 Å². The first-order valence-electron chi connectivity index (χ1n) is 9.39. The minimum atomic E-state index is -0.199. The Kier molecular flexibility index (Phi) is 4.75. The van der Waals surface area contributed by atoms with Gasteiger partial charge in [0.15, 0.2) is 0 Å². The van der Waals surface area contributed by atoms with Crippen LogP contribution < -0.4 is 5.32 Å². The van der Waals surface area contributed by atoms with E-state index in [-0.39, 0.29) is 37.1 Å². The highest BCUT2D eigenvalue weighted by atomic mass is 16.2. The van der Waals surface area contributed by atoms with Gasteiger partial charge in [-0.2, -0.15) is 5.10 Å². The molecule has 140 valence electrons. The van der Waals surface area contributed by atoms with Crippen LogP contribution in [0.5, 0.6) is 0 Å². The summed E-state index contributed by atoms with van der Waals surface area (Å²) in [6, 6.07) is 9.16. The topological polar surface area (TPSA) is 84.3 Å². The number of carbonyl (C=O) groups excluding carboxylic acids is 3. The number of rotatable bonds is 5. The van der Waals surface area contributed by atoms with Crippen molar-refractivity contribution in [3.05, 3.63) is 47.7 Å². The van der Waals surface area contributed by atoms with Crippen molar-refractivity contribution in [2.24, 2.45) is 0 Å². The van der Waals surface area contributed by atoms with Gasteiger partial charge in [-0.05, 0) is 30.5 Å². The number of nitrogens with zero attached hydrogens (tertiary/aromatic N) is 3. The van der Waals surface area contributed by atoms with E-state index < -0.39 is 0 Å². The summed E-state index contributed by atoms with van der Waals surface area (Å²) in [6.07, 6.45) is 6.85. The Hall–Kier alpha value is -2.96. The Labute approximate surface area is 157 Å². The van der Waals surface area contributed by atoms with Crippen molar-refractivity contribution in [3.8, 4) is 0 Å². The second kappa shape index (κ2) is 7.34. The van der Waals surface area contributed by atoms with E-state index in [0.29, 0.717) is 17.4 Å². The first-order chi connectivity index (χ1) is 13.1. The first kappa shape index (κ1) is 17.5. The molecule has 0 atom stereocenters. The highest BCUT2D eigenvalue weighted by molar-refractivity contribution is 6.04. The zero-order chi connectivity index (χ0) is 18.8. The van der Waals surface area contributed by atoms with E-state index in [4.69, 9.17) is 0 Å². The number of likely N-dealkylation sites (tertiary alicyclic amines) is 1. The maximum absolute atomic E-state index is 12.6. The number of amides is 3. The van der Waals surface area contributed by atoms with Crippen LogP contribution >= 0.6 is 0 Å².